The van der Waals surface area contributed by atoms with E-state index in [0.717, 1.165) is 17.7 Å². The van der Waals surface area contributed by atoms with Crippen molar-refractivity contribution < 1.29 is 9.90 Å². The molecule has 0 aromatic heterocycles. The van der Waals surface area contributed by atoms with E-state index in [-0.39, 0.29) is 6.54 Å². The van der Waals surface area contributed by atoms with Gasteiger partial charge >= 0.3 is 5.97 Å². The lowest BCUT2D eigenvalue weighted by atomic mass is 9.99. The maximum Gasteiger partial charge on any atom is 0.322 e. The standard InChI is InChI=1S/C18H21NO2/c1-13(2)11-14-3-5-15(6-4-14)16-7-9-17(10-8-16)19-12-18(20)21/h3-10,13,19H,11-12H2,1-2H3,(H,20,21). The molecule has 110 valence electrons. The van der Waals surface area contributed by atoms with Gasteiger partial charge in [-0.3, -0.25) is 4.79 Å². The van der Waals surface area contributed by atoms with Gasteiger partial charge in [-0.05, 0) is 41.2 Å². The Hall–Kier alpha value is -2.29. The number of rotatable bonds is 6. The summed E-state index contributed by atoms with van der Waals surface area (Å²) in [5.41, 5.74) is 4.48. The number of carboxylic acids is 1. The van der Waals surface area contributed by atoms with Crippen LogP contribution in [0.5, 0.6) is 0 Å². The molecule has 0 aliphatic rings. The highest BCUT2D eigenvalue weighted by atomic mass is 16.4. The zero-order valence-electron chi connectivity index (χ0n) is 12.5. The number of nitrogens with one attached hydrogen (secondary N) is 1. The van der Waals surface area contributed by atoms with Crippen LogP contribution in [0.3, 0.4) is 0 Å². The van der Waals surface area contributed by atoms with Gasteiger partial charge in [0, 0.05) is 5.69 Å². The SMILES string of the molecule is CC(C)Cc1ccc(-c2ccc(NCC(=O)O)cc2)cc1. The van der Waals surface area contributed by atoms with Gasteiger partial charge in [0.05, 0.1) is 0 Å². The van der Waals surface area contributed by atoms with Crippen LogP contribution in [0.4, 0.5) is 5.69 Å². The Bertz CT molecular complexity index is 586. The first kappa shape index (κ1) is 15.1. The fourth-order valence-electron chi connectivity index (χ4n) is 2.26. The highest BCUT2D eigenvalue weighted by Gasteiger charge is 2.01. The maximum absolute atomic E-state index is 10.5. The lowest BCUT2D eigenvalue weighted by Gasteiger charge is -2.08. The minimum atomic E-state index is -0.861. The number of carbonyl (C=O) groups is 1. The number of hydrogen-bond donors (Lipinski definition) is 2. The Balaban J connectivity index is 2.06. The Kier molecular flexibility index (Phi) is 4.99. The van der Waals surface area contributed by atoms with E-state index in [4.69, 9.17) is 5.11 Å². The molecule has 0 unspecified atom stereocenters. The third kappa shape index (κ3) is 4.63. The second-order valence-corrected chi connectivity index (χ2v) is 5.62. The summed E-state index contributed by atoms with van der Waals surface area (Å²) in [5.74, 6) is -0.199. The van der Waals surface area contributed by atoms with Crippen molar-refractivity contribution in [1.82, 2.24) is 0 Å². The van der Waals surface area contributed by atoms with Gasteiger partial charge in [-0.25, -0.2) is 0 Å². The molecule has 0 spiro atoms. The fraction of sp³-hybridized carbons (Fsp3) is 0.278. The van der Waals surface area contributed by atoms with Gasteiger partial charge in [-0.2, -0.15) is 0 Å². The third-order valence-electron chi connectivity index (χ3n) is 3.26. The number of anilines is 1. The van der Waals surface area contributed by atoms with Crippen molar-refractivity contribution in [3.8, 4) is 11.1 Å². The average Bonchev–Trinajstić information content (AvgIpc) is 2.46. The predicted molar refractivity (Wildman–Crippen MR) is 86.5 cm³/mol. The van der Waals surface area contributed by atoms with Crippen LogP contribution in [-0.4, -0.2) is 17.6 Å². The molecule has 2 aromatic carbocycles. The quantitative estimate of drug-likeness (QED) is 0.841. The van der Waals surface area contributed by atoms with Crippen molar-refractivity contribution in [2.45, 2.75) is 20.3 Å². The average molecular weight is 283 g/mol. The van der Waals surface area contributed by atoms with Gasteiger partial charge in [0.2, 0.25) is 0 Å². The predicted octanol–water partition coefficient (Wildman–Crippen LogP) is 4.05. The summed E-state index contributed by atoms with van der Waals surface area (Å²) in [6.45, 7) is 4.37. The summed E-state index contributed by atoms with van der Waals surface area (Å²) in [5, 5.41) is 11.5. The minimum absolute atomic E-state index is 0.0662. The van der Waals surface area contributed by atoms with Gasteiger partial charge in [-0.15, -0.1) is 0 Å². The highest BCUT2D eigenvalue weighted by molar-refractivity contribution is 5.73. The molecule has 0 saturated heterocycles. The molecule has 0 radical (unpaired) electrons. The van der Waals surface area contributed by atoms with Crippen molar-refractivity contribution >= 4 is 11.7 Å². The van der Waals surface area contributed by atoms with Gasteiger partial charge < -0.3 is 10.4 Å². The van der Waals surface area contributed by atoms with Crippen LogP contribution >= 0.6 is 0 Å². The summed E-state index contributed by atoms with van der Waals surface area (Å²) >= 11 is 0. The molecule has 2 aromatic rings. The summed E-state index contributed by atoms with van der Waals surface area (Å²) in [7, 11) is 0. The zero-order valence-corrected chi connectivity index (χ0v) is 12.5. The minimum Gasteiger partial charge on any atom is -0.480 e. The molecular formula is C18H21NO2. The summed E-state index contributed by atoms with van der Waals surface area (Å²) in [6.07, 6.45) is 1.10. The van der Waals surface area contributed by atoms with E-state index in [2.05, 4.69) is 43.4 Å². The maximum atomic E-state index is 10.5. The van der Waals surface area contributed by atoms with Crippen molar-refractivity contribution in [3.63, 3.8) is 0 Å². The summed E-state index contributed by atoms with van der Waals surface area (Å²) in [6, 6.07) is 16.4. The molecule has 0 atom stereocenters. The Labute approximate surface area is 125 Å². The molecule has 0 fully saturated rings. The lowest BCUT2D eigenvalue weighted by Crippen LogP contribution is -2.11. The van der Waals surface area contributed by atoms with Crippen LogP contribution in [0.1, 0.15) is 19.4 Å². The second-order valence-electron chi connectivity index (χ2n) is 5.62. The smallest absolute Gasteiger partial charge is 0.322 e. The van der Waals surface area contributed by atoms with Gasteiger partial charge in [-0.1, -0.05) is 50.2 Å². The zero-order chi connectivity index (χ0) is 15.2. The molecule has 21 heavy (non-hydrogen) atoms. The first-order valence-electron chi connectivity index (χ1n) is 7.19. The van der Waals surface area contributed by atoms with E-state index in [1.807, 2.05) is 24.3 Å². The summed E-state index contributed by atoms with van der Waals surface area (Å²) in [4.78, 5) is 10.5. The number of benzene rings is 2. The molecule has 0 heterocycles. The molecule has 0 amide bonds. The van der Waals surface area contributed by atoms with Crippen LogP contribution < -0.4 is 5.32 Å². The van der Waals surface area contributed by atoms with Crippen LogP contribution in [-0.2, 0) is 11.2 Å². The normalized spacial score (nSPS) is 10.6. The van der Waals surface area contributed by atoms with Crippen molar-refractivity contribution in [2.75, 3.05) is 11.9 Å². The highest BCUT2D eigenvalue weighted by Crippen LogP contribution is 2.22. The Morgan fingerprint density at radius 2 is 1.52 bits per heavy atom. The van der Waals surface area contributed by atoms with Crippen LogP contribution in [0.2, 0.25) is 0 Å². The Morgan fingerprint density at radius 3 is 2.00 bits per heavy atom. The Morgan fingerprint density at radius 1 is 1.00 bits per heavy atom. The fourth-order valence-corrected chi connectivity index (χ4v) is 2.26. The lowest BCUT2D eigenvalue weighted by molar-refractivity contribution is -0.134. The van der Waals surface area contributed by atoms with Crippen molar-refractivity contribution in [1.29, 1.82) is 0 Å². The van der Waals surface area contributed by atoms with E-state index in [1.54, 1.807) is 0 Å². The summed E-state index contributed by atoms with van der Waals surface area (Å²) < 4.78 is 0. The van der Waals surface area contributed by atoms with E-state index in [1.165, 1.54) is 11.1 Å². The molecule has 2 N–H and O–H groups in total. The molecular weight excluding hydrogens is 262 g/mol. The molecule has 0 saturated carbocycles. The molecule has 3 heteroatoms. The van der Waals surface area contributed by atoms with E-state index in [0.29, 0.717) is 5.92 Å². The molecule has 3 nitrogen and oxygen atoms in total. The largest absolute Gasteiger partial charge is 0.480 e. The molecule has 0 aliphatic heterocycles. The second kappa shape index (κ2) is 6.93. The molecule has 0 bridgehead atoms. The molecule has 0 aliphatic carbocycles. The van der Waals surface area contributed by atoms with Crippen LogP contribution in [0.25, 0.3) is 11.1 Å². The first-order chi connectivity index (χ1) is 10.0. The van der Waals surface area contributed by atoms with E-state index >= 15 is 0 Å². The molecule has 2 rings (SSSR count). The van der Waals surface area contributed by atoms with E-state index < -0.39 is 5.97 Å². The van der Waals surface area contributed by atoms with Crippen molar-refractivity contribution in [3.05, 3.63) is 54.1 Å². The number of aliphatic carboxylic acids is 1. The van der Waals surface area contributed by atoms with Crippen LogP contribution in [0, 0.1) is 5.92 Å². The van der Waals surface area contributed by atoms with Gasteiger partial charge in [0.25, 0.3) is 0 Å². The topological polar surface area (TPSA) is 49.3 Å². The van der Waals surface area contributed by atoms with Gasteiger partial charge in [0.15, 0.2) is 0 Å². The monoisotopic (exact) mass is 283 g/mol. The van der Waals surface area contributed by atoms with Crippen LogP contribution in [0.15, 0.2) is 48.5 Å². The first-order valence-corrected chi connectivity index (χ1v) is 7.19. The number of hydrogen-bond acceptors (Lipinski definition) is 2. The van der Waals surface area contributed by atoms with Crippen molar-refractivity contribution in [2.24, 2.45) is 5.92 Å². The van der Waals surface area contributed by atoms with E-state index in [9.17, 15) is 4.79 Å². The third-order valence-corrected chi connectivity index (χ3v) is 3.26. The number of carboxylic acid groups (broad SMARTS) is 1. The van der Waals surface area contributed by atoms with Gasteiger partial charge in [0.1, 0.15) is 6.54 Å².